The van der Waals surface area contributed by atoms with Crippen molar-refractivity contribution >= 4 is 40.5 Å². The zero-order chi connectivity index (χ0) is 18.7. The number of hydrogen-bond donors (Lipinski definition) is 4. The average Bonchev–Trinajstić information content (AvgIpc) is 2.60. The van der Waals surface area contributed by atoms with Gasteiger partial charge in [0.2, 0.25) is 0 Å². The molecule has 1 aromatic heterocycles. The molecule has 8 heteroatoms. The Kier molecular flexibility index (Phi) is 5.86. The molecular formula is C18H20Cl2N4O2. The Labute approximate surface area is 161 Å². The topological polar surface area (TPSA) is 100 Å². The summed E-state index contributed by atoms with van der Waals surface area (Å²) in [6, 6.07) is 6.98. The van der Waals surface area contributed by atoms with E-state index in [1.807, 2.05) is 0 Å². The summed E-state index contributed by atoms with van der Waals surface area (Å²) >= 11 is 12.2. The second-order valence-electron chi connectivity index (χ2n) is 6.40. The van der Waals surface area contributed by atoms with Gasteiger partial charge >= 0.3 is 0 Å². The number of carbonyl (C=O) groups is 1. The number of carbonyl (C=O) groups excluding carboxylic acids is 1. The maximum absolute atomic E-state index is 12.7. The summed E-state index contributed by atoms with van der Waals surface area (Å²) in [6.07, 6.45) is 5.13. The highest BCUT2D eigenvalue weighted by Gasteiger charge is 2.23. The van der Waals surface area contributed by atoms with Crippen molar-refractivity contribution in [2.75, 3.05) is 10.6 Å². The molecule has 1 aromatic carbocycles. The number of hydrogen-bond acceptors (Lipinski definition) is 4. The molecule has 5 N–H and O–H groups in total. The number of aromatic amines is 1. The number of aromatic nitrogens is 1. The van der Waals surface area contributed by atoms with Gasteiger partial charge in [0.15, 0.2) is 0 Å². The molecule has 1 aliphatic carbocycles. The third kappa shape index (κ3) is 4.20. The van der Waals surface area contributed by atoms with Crippen LogP contribution in [0.1, 0.15) is 36.0 Å². The summed E-state index contributed by atoms with van der Waals surface area (Å²) in [5, 5.41) is 6.54. The minimum Gasteiger partial charge on any atom is -0.381 e. The van der Waals surface area contributed by atoms with E-state index in [0.29, 0.717) is 15.7 Å². The number of pyridine rings is 1. The first kappa shape index (κ1) is 18.8. The first-order valence-corrected chi connectivity index (χ1v) is 9.20. The van der Waals surface area contributed by atoms with Crippen molar-refractivity contribution in [1.29, 1.82) is 0 Å². The summed E-state index contributed by atoms with van der Waals surface area (Å²) in [6.45, 7) is 0. The van der Waals surface area contributed by atoms with Crippen LogP contribution in [-0.4, -0.2) is 23.0 Å². The summed E-state index contributed by atoms with van der Waals surface area (Å²) in [4.78, 5) is 27.6. The molecule has 0 unspecified atom stereocenters. The van der Waals surface area contributed by atoms with E-state index < -0.39 is 11.5 Å². The highest BCUT2D eigenvalue weighted by Crippen LogP contribution is 2.30. The molecule has 0 bridgehead atoms. The van der Waals surface area contributed by atoms with Crippen LogP contribution in [0.25, 0.3) is 0 Å². The number of nitrogens with one attached hydrogen (secondary N) is 3. The van der Waals surface area contributed by atoms with Gasteiger partial charge < -0.3 is 21.4 Å². The first-order chi connectivity index (χ1) is 12.5. The quantitative estimate of drug-likeness (QED) is 0.635. The highest BCUT2D eigenvalue weighted by atomic mass is 35.5. The van der Waals surface area contributed by atoms with Crippen molar-refractivity contribution in [1.82, 2.24) is 4.98 Å². The molecule has 1 aliphatic rings. The van der Waals surface area contributed by atoms with Crippen molar-refractivity contribution in [3.05, 3.63) is 56.4 Å². The molecule has 0 spiro atoms. The molecule has 0 aliphatic heterocycles. The van der Waals surface area contributed by atoms with Crippen LogP contribution in [0.3, 0.4) is 0 Å². The lowest BCUT2D eigenvalue weighted by atomic mass is 9.91. The van der Waals surface area contributed by atoms with Gasteiger partial charge in [-0.15, -0.1) is 0 Å². The molecule has 1 heterocycles. The molecule has 0 atom stereocenters. The molecule has 0 saturated heterocycles. The minimum atomic E-state index is -0.572. The van der Waals surface area contributed by atoms with Crippen molar-refractivity contribution in [3.8, 4) is 0 Å². The van der Waals surface area contributed by atoms with Crippen LogP contribution in [-0.2, 0) is 0 Å². The number of amides is 1. The second kappa shape index (κ2) is 8.12. The van der Waals surface area contributed by atoms with E-state index in [1.165, 1.54) is 6.20 Å². The number of anilines is 2. The lowest BCUT2D eigenvalue weighted by Gasteiger charge is -2.28. The van der Waals surface area contributed by atoms with Crippen LogP contribution >= 0.6 is 23.2 Å². The van der Waals surface area contributed by atoms with E-state index in [0.717, 1.165) is 25.7 Å². The van der Waals surface area contributed by atoms with Crippen LogP contribution in [0.2, 0.25) is 10.0 Å². The van der Waals surface area contributed by atoms with E-state index in [4.69, 9.17) is 28.9 Å². The Morgan fingerprint density at radius 1 is 1.12 bits per heavy atom. The van der Waals surface area contributed by atoms with Crippen molar-refractivity contribution in [3.63, 3.8) is 0 Å². The van der Waals surface area contributed by atoms with Gasteiger partial charge in [0.05, 0.1) is 21.4 Å². The number of halogens is 2. The predicted octanol–water partition coefficient (Wildman–Crippen LogP) is 3.62. The normalized spacial score (nSPS) is 19.8. The number of rotatable bonds is 4. The maximum Gasteiger partial charge on any atom is 0.263 e. The molecule has 2 aromatic rings. The highest BCUT2D eigenvalue weighted by molar-refractivity contribution is 6.40. The van der Waals surface area contributed by atoms with Gasteiger partial charge in [-0.05, 0) is 43.9 Å². The summed E-state index contributed by atoms with van der Waals surface area (Å²) < 4.78 is 0. The van der Waals surface area contributed by atoms with Crippen LogP contribution in [0.5, 0.6) is 0 Å². The smallest absolute Gasteiger partial charge is 0.263 e. The van der Waals surface area contributed by atoms with Crippen molar-refractivity contribution in [2.45, 2.75) is 37.8 Å². The monoisotopic (exact) mass is 394 g/mol. The Balaban J connectivity index is 1.85. The fraction of sp³-hybridized carbons (Fsp3) is 0.333. The third-order valence-electron chi connectivity index (χ3n) is 4.52. The Bertz CT molecular complexity index is 840. The zero-order valence-corrected chi connectivity index (χ0v) is 15.5. The molecular weight excluding hydrogens is 375 g/mol. The third-order valence-corrected chi connectivity index (χ3v) is 5.15. The van der Waals surface area contributed by atoms with E-state index in [-0.39, 0.29) is 23.3 Å². The molecule has 26 heavy (non-hydrogen) atoms. The molecule has 6 nitrogen and oxygen atoms in total. The number of benzene rings is 1. The Morgan fingerprint density at radius 3 is 2.42 bits per heavy atom. The molecule has 1 fully saturated rings. The van der Waals surface area contributed by atoms with Gasteiger partial charge in [-0.3, -0.25) is 9.59 Å². The molecule has 138 valence electrons. The predicted molar refractivity (Wildman–Crippen MR) is 105 cm³/mol. The Hall–Kier alpha value is -2.02. The largest absolute Gasteiger partial charge is 0.381 e. The van der Waals surface area contributed by atoms with Gasteiger partial charge in [-0.1, -0.05) is 29.3 Å². The molecule has 3 rings (SSSR count). The van der Waals surface area contributed by atoms with Crippen molar-refractivity contribution in [2.24, 2.45) is 5.73 Å². The SMILES string of the molecule is NC1CCC(Nc2cc[nH]c(=O)c2C(=O)Nc2c(Cl)cccc2Cl)CC1. The van der Waals surface area contributed by atoms with E-state index >= 15 is 0 Å². The van der Waals surface area contributed by atoms with Crippen LogP contribution in [0.4, 0.5) is 11.4 Å². The van der Waals surface area contributed by atoms with E-state index in [2.05, 4.69) is 15.6 Å². The number of para-hydroxylation sites is 1. The fourth-order valence-corrected chi connectivity index (χ4v) is 3.59. The average molecular weight is 395 g/mol. The van der Waals surface area contributed by atoms with E-state index in [9.17, 15) is 9.59 Å². The fourth-order valence-electron chi connectivity index (χ4n) is 3.10. The molecule has 1 amide bonds. The van der Waals surface area contributed by atoms with Gasteiger partial charge in [-0.25, -0.2) is 0 Å². The Morgan fingerprint density at radius 2 is 1.77 bits per heavy atom. The van der Waals surface area contributed by atoms with Crippen LogP contribution < -0.4 is 21.9 Å². The van der Waals surface area contributed by atoms with E-state index in [1.54, 1.807) is 24.3 Å². The lowest BCUT2D eigenvalue weighted by molar-refractivity contribution is 0.102. The molecule has 0 radical (unpaired) electrons. The lowest BCUT2D eigenvalue weighted by Crippen LogP contribution is -2.34. The second-order valence-corrected chi connectivity index (χ2v) is 7.22. The number of H-pyrrole nitrogens is 1. The van der Waals surface area contributed by atoms with Crippen molar-refractivity contribution < 1.29 is 4.79 Å². The standard InChI is InChI=1S/C18H20Cl2N4O2/c19-12-2-1-3-13(20)16(12)24-18(26)15-14(8-9-22-17(15)25)23-11-6-4-10(21)5-7-11/h1-3,8-11H,4-7,21H2,(H,24,26)(H2,22,23,25). The van der Waals surface area contributed by atoms with Gasteiger partial charge in [0.25, 0.3) is 11.5 Å². The minimum absolute atomic E-state index is 0.00152. The van der Waals surface area contributed by atoms with Crippen LogP contribution in [0, 0.1) is 0 Å². The van der Waals surface area contributed by atoms with Crippen LogP contribution in [0.15, 0.2) is 35.3 Å². The number of nitrogens with two attached hydrogens (primary N) is 1. The maximum atomic E-state index is 12.7. The summed E-state index contributed by atoms with van der Waals surface area (Å²) in [5.74, 6) is -0.572. The zero-order valence-electron chi connectivity index (χ0n) is 14.0. The summed E-state index contributed by atoms with van der Waals surface area (Å²) in [7, 11) is 0. The van der Waals surface area contributed by atoms with Gasteiger partial charge in [0, 0.05) is 18.3 Å². The van der Waals surface area contributed by atoms with Gasteiger partial charge in [0.1, 0.15) is 5.56 Å². The first-order valence-electron chi connectivity index (χ1n) is 8.45. The van der Waals surface area contributed by atoms with Gasteiger partial charge in [-0.2, -0.15) is 0 Å². The summed E-state index contributed by atoms with van der Waals surface area (Å²) in [5.41, 5.74) is 6.21. The molecule has 1 saturated carbocycles.